The molecule has 1 heterocycles. The number of nitrogens with two attached hydrogens (primary N) is 1. The summed E-state index contributed by atoms with van der Waals surface area (Å²) in [4.78, 5) is 14.3. The number of carbonyl (C=O) groups excluding carboxylic acids is 1. The van der Waals surface area contributed by atoms with Crippen molar-refractivity contribution < 1.29 is 9.53 Å². The quantitative estimate of drug-likeness (QED) is 0.819. The first-order valence-electron chi connectivity index (χ1n) is 7.15. The lowest BCUT2D eigenvalue weighted by Gasteiger charge is -2.26. The number of nitrogens with zero attached hydrogens (tertiary/aromatic N) is 1. The first-order chi connectivity index (χ1) is 9.97. The molecule has 1 amide bonds. The second-order valence-corrected chi connectivity index (χ2v) is 5.88. The summed E-state index contributed by atoms with van der Waals surface area (Å²) in [6.45, 7) is 3.46. The minimum absolute atomic E-state index is 0.0720. The van der Waals surface area contributed by atoms with Crippen molar-refractivity contribution in [3.05, 3.63) is 23.2 Å². The third kappa shape index (κ3) is 4.33. The molecule has 0 aliphatic carbocycles. The zero-order valence-electron chi connectivity index (χ0n) is 12.4. The smallest absolute Gasteiger partial charge is 0.241 e. The van der Waals surface area contributed by atoms with Crippen LogP contribution in [0.2, 0.25) is 5.02 Å². The summed E-state index contributed by atoms with van der Waals surface area (Å²) in [5.74, 6) is -0.0720. The number of hydrogen-bond acceptors (Lipinski definition) is 4. The van der Waals surface area contributed by atoms with Gasteiger partial charge in [-0.15, -0.1) is 0 Å². The van der Waals surface area contributed by atoms with Crippen molar-refractivity contribution >= 4 is 28.9 Å². The Hall–Kier alpha value is -1.30. The number of carbonyl (C=O) groups is 1. The minimum Gasteiger partial charge on any atom is -0.397 e. The first kappa shape index (κ1) is 16.1. The zero-order valence-corrected chi connectivity index (χ0v) is 13.2. The van der Waals surface area contributed by atoms with Crippen molar-refractivity contribution in [2.24, 2.45) is 0 Å². The average molecular weight is 312 g/mol. The maximum Gasteiger partial charge on any atom is 0.241 e. The molecule has 2 rings (SSSR count). The molecule has 1 aromatic carbocycles. The van der Waals surface area contributed by atoms with Crippen LogP contribution in [0, 0.1) is 0 Å². The van der Waals surface area contributed by atoms with Crippen molar-refractivity contribution in [2.75, 3.05) is 31.2 Å². The second-order valence-electron chi connectivity index (χ2n) is 5.48. The van der Waals surface area contributed by atoms with E-state index in [2.05, 4.69) is 5.32 Å². The van der Waals surface area contributed by atoms with Gasteiger partial charge in [-0.1, -0.05) is 11.6 Å². The highest BCUT2D eigenvalue weighted by molar-refractivity contribution is 6.33. The van der Waals surface area contributed by atoms with E-state index in [1.807, 2.05) is 18.9 Å². The van der Waals surface area contributed by atoms with Crippen LogP contribution in [0.3, 0.4) is 0 Å². The van der Waals surface area contributed by atoms with Gasteiger partial charge in [0.2, 0.25) is 5.91 Å². The van der Waals surface area contributed by atoms with Gasteiger partial charge in [0.15, 0.2) is 0 Å². The summed E-state index contributed by atoms with van der Waals surface area (Å²) < 4.78 is 5.60. The summed E-state index contributed by atoms with van der Waals surface area (Å²) in [5, 5.41) is 3.34. The molecule has 0 bridgehead atoms. The average Bonchev–Trinajstić information content (AvgIpc) is 2.94. The number of rotatable bonds is 5. The molecule has 1 aliphatic rings. The highest BCUT2D eigenvalue weighted by atomic mass is 35.5. The molecule has 2 atom stereocenters. The molecule has 21 heavy (non-hydrogen) atoms. The topological polar surface area (TPSA) is 67.6 Å². The van der Waals surface area contributed by atoms with E-state index in [9.17, 15) is 4.79 Å². The molecule has 6 heteroatoms. The maximum absolute atomic E-state index is 12.3. The molecule has 0 saturated carbocycles. The summed E-state index contributed by atoms with van der Waals surface area (Å²) in [6.07, 6.45) is 2.40. The summed E-state index contributed by atoms with van der Waals surface area (Å²) in [7, 11) is 1.93. The van der Waals surface area contributed by atoms with Gasteiger partial charge in [0.1, 0.15) is 0 Å². The van der Waals surface area contributed by atoms with Crippen molar-refractivity contribution in [2.45, 2.75) is 31.9 Å². The van der Waals surface area contributed by atoms with E-state index in [1.54, 1.807) is 18.2 Å². The normalized spacial score (nSPS) is 19.7. The number of amides is 1. The first-order valence-corrected chi connectivity index (χ1v) is 7.53. The van der Waals surface area contributed by atoms with Gasteiger partial charge < -0.3 is 15.8 Å². The lowest BCUT2D eigenvalue weighted by molar-refractivity contribution is -0.120. The van der Waals surface area contributed by atoms with Crippen molar-refractivity contribution in [3.8, 4) is 0 Å². The number of halogens is 1. The molecule has 0 aromatic heterocycles. The van der Waals surface area contributed by atoms with Crippen LogP contribution in [-0.4, -0.2) is 43.2 Å². The Bertz CT molecular complexity index is 504. The summed E-state index contributed by atoms with van der Waals surface area (Å²) in [5.41, 5.74) is 6.84. The SMILES string of the molecule is CC(C(=O)Nc1ccc(Cl)c(N)c1)N(C)CC1CCCO1. The van der Waals surface area contributed by atoms with Crippen LogP contribution in [-0.2, 0) is 9.53 Å². The highest BCUT2D eigenvalue weighted by Gasteiger charge is 2.23. The molecule has 1 fully saturated rings. The van der Waals surface area contributed by atoms with Gasteiger partial charge in [-0.3, -0.25) is 9.69 Å². The van der Waals surface area contributed by atoms with Crippen LogP contribution < -0.4 is 11.1 Å². The van der Waals surface area contributed by atoms with Crippen molar-refractivity contribution in [1.82, 2.24) is 4.90 Å². The van der Waals surface area contributed by atoms with E-state index < -0.39 is 0 Å². The van der Waals surface area contributed by atoms with Gasteiger partial charge in [-0.25, -0.2) is 0 Å². The van der Waals surface area contributed by atoms with Crippen LogP contribution in [0.4, 0.5) is 11.4 Å². The van der Waals surface area contributed by atoms with Crippen LogP contribution >= 0.6 is 11.6 Å². The Morgan fingerprint density at radius 2 is 2.38 bits per heavy atom. The number of hydrogen-bond donors (Lipinski definition) is 2. The van der Waals surface area contributed by atoms with Crippen LogP contribution in [0.1, 0.15) is 19.8 Å². The fourth-order valence-electron chi connectivity index (χ4n) is 2.34. The molecular weight excluding hydrogens is 290 g/mol. The third-order valence-corrected chi connectivity index (χ3v) is 4.16. The summed E-state index contributed by atoms with van der Waals surface area (Å²) >= 11 is 5.87. The van der Waals surface area contributed by atoms with Crippen molar-refractivity contribution in [1.29, 1.82) is 0 Å². The Kier molecular flexibility index (Phi) is 5.45. The number of ether oxygens (including phenoxy) is 1. The largest absolute Gasteiger partial charge is 0.397 e. The van der Waals surface area contributed by atoms with Crippen LogP contribution in [0.15, 0.2) is 18.2 Å². The number of anilines is 2. The van der Waals surface area contributed by atoms with Gasteiger partial charge in [0.05, 0.1) is 22.9 Å². The third-order valence-electron chi connectivity index (χ3n) is 3.82. The number of nitrogens with one attached hydrogen (secondary N) is 1. The fraction of sp³-hybridized carbons (Fsp3) is 0.533. The van der Waals surface area contributed by atoms with Crippen LogP contribution in [0.5, 0.6) is 0 Å². The molecule has 1 saturated heterocycles. The fourth-order valence-corrected chi connectivity index (χ4v) is 2.45. The zero-order chi connectivity index (χ0) is 15.4. The van der Waals surface area contributed by atoms with Crippen LogP contribution in [0.25, 0.3) is 0 Å². The van der Waals surface area contributed by atoms with E-state index in [1.165, 1.54) is 0 Å². The molecular formula is C15H22ClN3O2. The standard InChI is InChI=1S/C15H22ClN3O2/c1-10(19(2)9-12-4-3-7-21-12)15(20)18-11-5-6-13(16)14(17)8-11/h5-6,8,10,12H,3-4,7,9,17H2,1-2H3,(H,18,20). The van der Waals surface area contributed by atoms with Crippen molar-refractivity contribution in [3.63, 3.8) is 0 Å². The maximum atomic E-state index is 12.3. The predicted octanol–water partition coefficient (Wildman–Crippen LogP) is 2.36. The Morgan fingerprint density at radius 1 is 1.62 bits per heavy atom. The van der Waals surface area contributed by atoms with Gasteiger partial charge in [-0.05, 0) is 45.0 Å². The molecule has 3 N–H and O–H groups in total. The van der Waals surface area contributed by atoms with E-state index in [-0.39, 0.29) is 18.1 Å². The molecule has 0 spiro atoms. The molecule has 5 nitrogen and oxygen atoms in total. The Morgan fingerprint density at radius 3 is 3.00 bits per heavy atom. The molecule has 116 valence electrons. The van der Waals surface area contributed by atoms with Gasteiger partial charge in [0, 0.05) is 18.8 Å². The van der Waals surface area contributed by atoms with Gasteiger partial charge in [0.25, 0.3) is 0 Å². The predicted molar refractivity (Wildman–Crippen MR) is 85.6 cm³/mol. The lowest BCUT2D eigenvalue weighted by Crippen LogP contribution is -2.43. The summed E-state index contributed by atoms with van der Waals surface area (Å²) in [6, 6.07) is 4.83. The number of likely N-dealkylation sites (N-methyl/N-ethyl adjacent to an activating group) is 1. The molecule has 2 unspecified atom stereocenters. The lowest BCUT2D eigenvalue weighted by atomic mass is 10.2. The highest BCUT2D eigenvalue weighted by Crippen LogP contribution is 2.22. The minimum atomic E-state index is -0.244. The van der Waals surface area contributed by atoms with E-state index in [0.29, 0.717) is 16.4 Å². The number of benzene rings is 1. The van der Waals surface area contributed by atoms with Gasteiger partial charge >= 0.3 is 0 Å². The van der Waals surface area contributed by atoms with E-state index in [4.69, 9.17) is 22.1 Å². The van der Waals surface area contributed by atoms with E-state index >= 15 is 0 Å². The monoisotopic (exact) mass is 311 g/mol. The molecule has 0 radical (unpaired) electrons. The Balaban J connectivity index is 1.90. The van der Waals surface area contributed by atoms with Gasteiger partial charge in [-0.2, -0.15) is 0 Å². The molecule has 1 aromatic rings. The molecule has 1 aliphatic heterocycles. The van der Waals surface area contributed by atoms with E-state index in [0.717, 1.165) is 26.0 Å². The number of nitrogen functional groups attached to an aromatic ring is 1. The Labute approximate surface area is 130 Å². The second kappa shape index (κ2) is 7.11.